The Hall–Kier alpha value is -1.39. The molecule has 0 bridgehead atoms. The summed E-state index contributed by atoms with van der Waals surface area (Å²) in [6.45, 7) is 0.672. The average molecular weight is 266 g/mol. The van der Waals surface area contributed by atoms with Crippen molar-refractivity contribution in [1.82, 2.24) is 9.97 Å². The largest absolute Gasteiger partial charge is 0.385 e. The Morgan fingerprint density at radius 2 is 2.11 bits per heavy atom. The fourth-order valence-electron chi connectivity index (χ4n) is 1.68. The van der Waals surface area contributed by atoms with E-state index < -0.39 is 0 Å². The number of nitrogens with zero attached hydrogens (tertiary/aromatic N) is 2. The van der Waals surface area contributed by atoms with Gasteiger partial charge in [-0.2, -0.15) is 0 Å². The summed E-state index contributed by atoms with van der Waals surface area (Å²) >= 11 is 5.91. The van der Waals surface area contributed by atoms with Crippen LogP contribution in [0.15, 0.2) is 30.5 Å². The van der Waals surface area contributed by atoms with E-state index >= 15 is 0 Å². The molecule has 0 aliphatic heterocycles. The predicted octanol–water partition coefficient (Wildman–Crippen LogP) is 2.69. The van der Waals surface area contributed by atoms with Gasteiger partial charge in [-0.3, -0.25) is 4.98 Å². The normalized spacial score (nSPS) is 12.6. The fourth-order valence-corrected chi connectivity index (χ4v) is 1.92. The van der Waals surface area contributed by atoms with E-state index in [4.69, 9.17) is 16.3 Å². The smallest absolute Gasteiger partial charge is 0.145 e. The van der Waals surface area contributed by atoms with Crippen LogP contribution in [0.5, 0.6) is 0 Å². The maximum Gasteiger partial charge on any atom is 0.145 e. The molecule has 1 heterocycles. The first kappa shape index (κ1) is 13.1. The molecule has 0 fully saturated rings. The van der Waals surface area contributed by atoms with Crippen LogP contribution in [0.3, 0.4) is 0 Å². The van der Waals surface area contributed by atoms with Crippen molar-refractivity contribution < 1.29 is 4.74 Å². The molecule has 2 aromatic rings. The van der Waals surface area contributed by atoms with E-state index in [9.17, 15) is 0 Å². The monoisotopic (exact) mass is 265 g/mol. The van der Waals surface area contributed by atoms with Crippen molar-refractivity contribution in [3.8, 4) is 0 Å². The quantitative estimate of drug-likeness (QED) is 0.816. The minimum atomic E-state index is 0.141. The highest BCUT2D eigenvalue weighted by molar-refractivity contribution is 6.18. The lowest BCUT2D eigenvalue weighted by Crippen LogP contribution is -2.23. The SMILES string of the molecule is COCCC(CCl)Nc1cnc2ccccc2n1. The van der Waals surface area contributed by atoms with Crippen molar-refractivity contribution >= 4 is 28.5 Å². The summed E-state index contributed by atoms with van der Waals surface area (Å²) in [7, 11) is 1.68. The van der Waals surface area contributed by atoms with E-state index in [2.05, 4.69) is 15.3 Å². The predicted molar refractivity (Wildman–Crippen MR) is 74.2 cm³/mol. The number of rotatable bonds is 6. The molecule has 4 nitrogen and oxygen atoms in total. The van der Waals surface area contributed by atoms with Crippen molar-refractivity contribution in [3.05, 3.63) is 30.5 Å². The van der Waals surface area contributed by atoms with Gasteiger partial charge in [0.15, 0.2) is 0 Å². The molecule has 1 atom stereocenters. The number of alkyl halides is 1. The molecule has 1 N–H and O–H groups in total. The Bertz CT molecular complexity index is 506. The maximum atomic E-state index is 5.91. The first-order valence-electron chi connectivity index (χ1n) is 5.86. The van der Waals surface area contributed by atoms with Crippen LogP contribution in [0.25, 0.3) is 11.0 Å². The zero-order chi connectivity index (χ0) is 12.8. The van der Waals surface area contributed by atoms with E-state index in [0.717, 1.165) is 23.3 Å². The fraction of sp³-hybridized carbons (Fsp3) is 0.385. The molecule has 0 aliphatic carbocycles. The number of hydrogen-bond acceptors (Lipinski definition) is 4. The number of aromatic nitrogens is 2. The number of nitrogens with one attached hydrogen (secondary N) is 1. The molecular formula is C13H16ClN3O. The molecule has 0 spiro atoms. The second kappa shape index (κ2) is 6.52. The van der Waals surface area contributed by atoms with E-state index in [0.29, 0.717) is 12.5 Å². The van der Waals surface area contributed by atoms with E-state index in [-0.39, 0.29) is 6.04 Å². The number of para-hydroxylation sites is 2. The summed E-state index contributed by atoms with van der Waals surface area (Å²) in [6.07, 6.45) is 2.57. The molecule has 1 aromatic heterocycles. The molecule has 1 aromatic carbocycles. The van der Waals surface area contributed by atoms with Gasteiger partial charge in [-0.25, -0.2) is 4.98 Å². The van der Waals surface area contributed by atoms with Gasteiger partial charge in [-0.15, -0.1) is 11.6 Å². The summed E-state index contributed by atoms with van der Waals surface area (Å²) in [5, 5.41) is 3.27. The summed E-state index contributed by atoms with van der Waals surface area (Å²) in [4.78, 5) is 8.85. The minimum Gasteiger partial charge on any atom is -0.385 e. The molecule has 0 radical (unpaired) electrons. The Labute approximate surface area is 111 Å². The highest BCUT2D eigenvalue weighted by atomic mass is 35.5. The van der Waals surface area contributed by atoms with Crippen molar-refractivity contribution in [2.24, 2.45) is 0 Å². The van der Waals surface area contributed by atoms with E-state index in [1.807, 2.05) is 24.3 Å². The highest BCUT2D eigenvalue weighted by Crippen LogP contribution is 2.13. The third-order valence-electron chi connectivity index (χ3n) is 2.66. The average Bonchev–Trinajstić information content (AvgIpc) is 2.43. The zero-order valence-corrected chi connectivity index (χ0v) is 11.0. The standard InChI is InChI=1S/C13H16ClN3O/c1-18-7-6-10(8-14)16-13-9-15-11-4-2-3-5-12(11)17-13/h2-5,9-10H,6-8H2,1H3,(H,16,17). The highest BCUT2D eigenvalue weighted by Gasteiger charge is 2.08. The van der Waals surface area contributed by atoms with Crippen LogP contribution < -0.4 is 5.32 Å². The van der Waals surface area contributed by atoms with E-state index in [1.54, 1.807) is 13.3 Å². The molecule has 18 heavy (non-hydrogen) atoms. The van der Waals surface area contributed by atoms with Crippen LogP contribution in [0.4, 0.5) is 5.82 Å². The Kier molecular flexibility index (Phi) is 4.73. The summed E-state index contributed by atoms with van der Waals surface area (Å²) in [5.74, 6) is 1.26. The van der Waals surface area contributed by atoms with Crippen LogP contribution in [0.1, 0.15) is 6.42 Å². The molecule has 96 valence electrons. The van der Waals surface area contributed by atoms with Gasteiger partial charge >= 0.3 is 0 Å². The Balaban J connectivity index is 2.10. The van der Waals surface area contributed by atoms with Crippen molar-refractivity contribution in [1.29, 1.82) is 0 Å². The van der Waals surface area contributed by atoms with Crippen molar-refractivity contribution in [3.63, 3.8) is 0 Å². The third-order valence-corrected chi connectivity index (χ3v) is 3.03. The first-order valence-corrected chi connectivity index (χ1v) is 6.40. The molecule has 1 unspecified atom stereocenters. The molecule has 0 amide bonds. The van der Waals surface area contributed by atoms with E-state index in [1.165, 1.54) is 0 Å². The minimum absolute atomic E-state index is 0.141. The lowest BCUT2D eigenvalue weighted by Gasteiger charge is -2.16. The van der Waals surface area contributed by atoms with Gasteiger partial charge in [0.2, 0.25) is 0 Å². The van der Waals surface area contributed by atoms with Gasteiger partial charge in [0.25, 0.3) is 0 Å². The summed E-state index contributed by atoms with van der Waals surface area (Å²) in [6, 6.07) is 7.92. The van der Waals surface area contributed by atoms with Gasteiger partial charge in [0.05, 0.1) is 17.2 Å². The second-order valence-corrected chi connectivity index (χ2v) is 4.33. The number of ether oxygens (including phenoxy) is 1. The van der Waals surface area contributed by atoms with Crippen LogP contribution in [0.2, 0.25) is 0 Å². The molecular weight excluding hydrogens is 250 g/mol. The molecule has 2 rings (SSSR count). The van der Waals surface area contributed by atoms with Gasteiger partial charge in [0, 0.05) is 25.6 Å². The lowest BCUT2D eigenvalue weighted by molar-refractivity contribution is 0.191. The van der Waals surface area contributed by atoms with Gasteiger partial charge in [0.1, 0.15) is 5.82 Å². The number of fused-ring (bicyclic) bond motifs is 1. The number of methoxy groups -OCH3 is 1. The molecule has 0 aliphatic rings. The van der Waals surface area contributed by atoms with Gasteiger partial charge < -0.3 is 10.1 Å². The van der Waals surface area contributed by atoms with Gasteiger partial charge in [-0.1, -0.05) is 12.1 Å². The maximum absolute atomic E-state index is 5.91. The van der Waals surface area contributed by atoms with Crippen LogP contribution in [-0.4, -0.2) is 35.6 Å². The second-order valence-electron chi connectivity index (χ2n) is 4.02. The number of benzene rings is 1. The van der Waals surface area contributed by atoms with Crippen molar-refractivity contribution in [2.75, 3.05) is 24.9 Å². The topological polar surface area (TPSA) is 47.0 Å². The number of halogens is 1. The summed E-state index contributed by atoms with van der Waals surface area (Å²) in [5.41, 5.74) is 1.77. The van der Waals surface area contributed by atoms with Crippen LogP contribution in [0, 0.1) is 0 Å². The first-order chi connectivity index (χ1) is 8.83. The van der Waals surface area contributed by atoms with Crippen LogP contribution >= 0.6 is 11.6 Å². The summed E-state index contributed by atoms with van der Waals surface area (Å²) < 4.78 is 5.05. The van der Waals surface area contributed by atoms with Gasteiger partial charge in [-0.05, 0) is 18.6 Å². The lowest BCUT2D eigenvalue weighted by atomic mass is 10.2. The number of hydrogen-bond donors (Lipinski definition) is 1. The Morgan fingerprint density at radius 1 is 1.33 bits per heavy atom. The Morgan fingerprint density at radius 3 is 2.83 bits per heavy atom. The van der Waals surface area contributed by atoms with Crippen molar-refractivity contribution in [2.45, 2.75) is 12.5 Å². The zero-order valence-electron chi connectivity index (χ0n) is 10.3. The molecule has 0 saturated carbocycles. The number of anilines is 1. The van der Waals surface area contributed by atoms with Crippen LogP contribution in [-0.2, 0) is 4.74 Å². The molecule has 5 heteroatoms. The molecule has 0 saturated heterocycles. The third kappa shape index (κ3) is 3.31.